The van der Waals surface area contributed by atoms with Gasteiger partial charge in [-0.05, 0) is 176 Å². The normalized spacial score (nSPS) is 21.9. The fourth-order valence-corrected chi connectivity index (χ4v) is 20.5. The van der Waals surface area contributed by atoms with Crippen molar-refractivity contribution < 1.29 is 199 Å². The topological polar surface area (TPSA) is 707 Å². The first-order chi connectivity index (χ1) is 66.2. The summed E-state index contributed by atoms with van der Waals surface area (Å²) in [5.74, 6) is -6.94. The molecule has 3 aromatic carbocycles. The quantitative estimate of drug-likeness (QED) is 0.0280. The number of rotatable bonds is 23. The summed E-state index contributed by atoms with van der Waals surface area (Å²) in [4.78, 5) is 103. The molecule has 12 aliphatic rings. The molecule has 8 unspecified atom stereocenters. The number of fused-ring (bicyclic) bond motifs is 5. The van der Waals surface area contributed by atoms with E-state index in [1.54, 1.807) is 70.6 Å². The molecule has 142 heavy (non-hydrogen) atoms. The Morgan fingerprint density at radius 2 is 0.514 bits per heavy atom. The lowest BCUT2D eigenvalue weighted by atomic mass is 9.56. The third-order valence-electron chi connectivity index (χ3n) is 20.2. The molecule has 0 amide bonds. The van der Waals surface area contributed by atoms with Crippen LogP contribution >= 0.6 is 0 Å². The smallest absolute Gasteiger partial charge is 0.322 e. The molecule has 2 heterocycles. The number of hydrogen-bond acceptors (Lipinski definition) is 44. The van der Waals surface area contributed by atoms with Crippen LogP contribution < -0.4 is 0 Å². The van der Waals surface area contributed by atoms with E-state index in [0.29, 0.717) is 29.8 Å². The van der Waals surface area contributed by atoms with E-state index in [1.165, 1.54) is 87.3 Å². The molecule has 0 aromatic heterocycles. The van der Waals surface area contributed by atoms with Crippen LogP contribution in [-0.4, -0.2) is 263 Å². The molecule has 15 rings (SSSR count). The summed E-state index contributed by atoms with van der Waals surface area (Å²) in [6.07, 6.45) is 24.3. The molecule has 10 aliphatic carbocycles. The molecular weight excluding hydrogens is 2040 g/mol. The van der Waals surface area contributed by atoms with Gasteiger partial charge in [0.2, 0.25) is 13.6 Å². The summed E-state index contributed by atoms with van der Waals surface area (Å²) < 4.78 is 278. The lowest BCUT2D eigenvalue weighted by Crippen LogP contribution is -2.38. The minimum absolute atomic E-state index is 0.0590. The number of carbonyl (C=O) groups excluding carboxylic acids is 10. The lowest BCUT2D eigenvalue weighted by molar-refractivity contribution is -0.165. The van der Waals surface area contributed by atoms with E-state index in [0.717, 1.165) is 51.9 Å². The van der Waals surface area contributed by atoms with Gasteiger partial charge in [-0.25, -0.2) is 58.9 Å². The van der Waals surface area contributed by atoms with Gasteiger partial charge in [0.1, 0.15) is 117 Å². The Labute approximate surface area is 839 Å². The minimum atomic E-state index is -4.64. The Morgan fingerprint density at radius 3 is 0.697 bits per heavy atom. The van der Waals surface area contributed by atoms with Gasteiger partial charge < -0.3 is 79.2 Å². The highest BCUT2D eigenvalue weighted by atomic mass is 32.2. The molecule has 10 bridgehead atoms. The van der Waals surface area contributed by atoms with Gasteiger partial charge in [0.05, 0.1) is 50.3 Å². The van der Waals surface area contributed by atoms with Crippen molar-refractivity contribution >= 4 is 151 Å². The highest BCUT2D eigenvalue weighted by Crippen LogP contribution is 2.56. The van der Waals surface area contributed by atoms with E-state index in [9.17, 15) is 147 Å². The SMILES string of the molecule is C1C2CC3CC1CC(C2)C3.C1CC2CCC1C2.CC.CC.CC.CC.CC.CC.CC(=O)OCOC(=O)CS(=O)(=O)[O-].CC(=O)OCOC(=O)CS(=O)(=O)[O-].CCOC(=O)CS(=O)(=O)[O-].CCOC(=O)CS(=O)(=O)[O-].CCOC(=O)CS(=O)(=O)[O-].CCOC(=O)CS(=O)(=O)[O-].CCOC(=O)CS(=O)(=O)[O-].O=C1OC2CC3CC1C2C3.O=S1(=O)OC2CC3CC2C1C3.c1ccc2ccccc2c1.c1ccccc1. The van der Waals surface area contributed by atoms with Crippen molar-refractivity contribution in [2.45, 2.75) is 258 Å². The van der Waals surface area contributed by atoms with Crippen LogP contribution in [0.3, 0.4) is 0 Å². The summed E-state index contributed by atoms with van der Waals surface area (Å²) in [6.45, 7) is 32.8. The molecule has 3 aromatic rings. The van der Waals surface area contributed by atoms with Crippen LogP contribution in [-0.2, 0) is 180 Å². The molecule has 826 valence electrons. The van der Waals surface area contributed by atoms with Crippen molar-refractivity contribution in [2.75, 3.05) is 86.9 Å². The fourth-order valence-electron chi connectivity index (χ4n) is 16.0. The second kappa shape index (κ2) is 76.5. The van der Waals surface area contributed by atoms with Crippen LogP contribution in [0.5, 0.6) is 0 Å². The Bertz CT molecular complexity index is 4580. The molecule has 44 nitrogen and oxygen atoms in total. The third kappa shape index (κ3) is 73.9. The molecule has 8 atom stereocenters. The Morgan fingerprint density at radius 1 is 0.296 bits per heavy atom. The summed E-state index contributed by atoms with van der Waals surface area (Å²) >= 11 is 0. The summed E-state index contributed by atoms with van der Waals surface area (Å²) in [5, 5.41) is 2.49. The van der Waals surface area contributed by atoms with Crippen LogP contribution in [0.1, 0.15) is 241 Å². The largest absolute Gasteiger partial charge is 0.748 e. The average Bonchev–Trinajstić information content (AvgIpc) is 1.58. The Hall–Kier alpha value is -8.10. The number of carbonyl (C=O) groups is 10. The van der Waals surface area contributed by atoms with E-state index < -0.39 is 189 Å². The van der Waals surface area contributed by atoms with Gasteiger partial charge >= 0.3 is 59.7 Å². The number of hydrogen-bond donors (Lipinski definition) is 0. The zero-order chi connectivity index (χ0) is 111. The average molecular weight is 2190 g/mol. The van der Waals surface area contributed by atoms with Gasteiger partial charge in [-0.15, -0.1) is 0 Å². The monoisotopic (exact) mass is 2190 g/mol. The van der Waals surface area contributed by atoms with Crippen LogP contribution in [0.15, 0.2) is 84.9 Å². The predicted octanol–water partition coefficient (Wildman–Crippen LogP) is 9.85. The van der Waals surface area contributed by atoms with Crippen molar-refractivity contribution in [2.24, 2.45) is 65.1 Å². The number of esters is 10. The third-order valence-corrected chi connectivity index (χ3v) is 26.1. The van der Waals surface area contributed by atoms with E-state index >= 15 is 0 Å². The fraction of sp³-hybridized carbons (Fsp3) is 0.711. The molecule has 0 N–H and O–H groups in total. The second-order valence-electron chi connectivity index (χ2n) is 30.7. The molecule has 0 radical (unpaired) electrons. The van der Waals surface area contributed by atoms with Gasteiger partial charge in [0.25, 0.3) is 10.1 Å². The summed E-state index contributed by atoms with van der Waals surface area (Å²) in [6, 6.07) is 28.7. The molecule has 2 aliphatic heterocycles. The van der Waals surface area contributed by atoms with Crippen LogP contribution in [0.4, 0.5) is 0 Å². The Balaban J connectivity index is -0.000000474. The van der Waals surface area contributed by atoms with Gasteiger partial charge in [-0.3, -0.25) is 52.1 Å². The van der Waals surface area contributed by atoms with Crippen molar-refractivity contribution in [1.29, 1.82) is 0 Å². The van der Waals surface area contributed by atoms with E-state index in [4.69, 9.17) is 8.92 Å². The Kier molecular flexibility index (Phi) is 76.6. The summed E-state index contributed by atoms with van der Waals surface area (Å²) in [5.41, 5.74) is 0. The molecular formula is C90H147O44S8-7. The maximum atomic E-state index is 11.3. The standard InChI is InChI=1S/C10H16.C10H8.C8H10O2.C7H10O3S.C7H12.C6H6.2C5H8O7S.5C4H8O5S.6C2H6/c1-7-2-9-4-8(1)5-10(3-7)6-9;1-2-6-10-8-4-3-7-9(10)5-1;9-8-6-2-4-1-5(6)7(3-4)10-8;8-11(9)7-3-4-1-5(7)6(2-4)10-11;1-2-7-4-3-6(1)5-7;1-2-4-6-5-3-1;2*1-4(6)11-3-12-5(7)2-13(8,9)10;5*1-2-9-4(5)3-10(6,7)8;6*1-2/h7-10H,1-6H2;1-8H;4-7H,1-3H2;4-7H,1-3H2;6-7H,1-5H2;1-6H;2*2-3H2,1H3,(H,8,9,10);5*2-3H2,1H3,(H,6,7,8);6*1-2H3/p-7. The first-order valence-electron chi connectivity index (χ1n) is 46.7. The maximum absolute atomic E-state index is 11.3. The predicted molar refractivity (Wildman–Crippen MR) is 513 cm³/mol. The van der Waals surface area contributed by atoms with Crippen LogP contribution in [0.25, 0.3) is 10.8 Å². The van der Waals surface area contributed by atoms with Gasteiger partial charge in [-0.1, -0.05) is 194 Å². The van der Waals surface area contributed by atoms with Crippen molar-refractivity contribution in [3.05, 3.63) is 84.9 Å². The van der Waals surface area contributed by atoms with E-state index in [2.05, 4.69) is 91.2 Å². The molecule has 10 saturated carbocycles. The lowest BCUT2D eigenvalue weighted by Gasteiger charge is -2.49. The first kappa shape index (κ1) is 142. The van der Waals surface area contributed by atoms with Crippen molar-refractivity contribution in [3.63, 3.8) is 0 Å². The van der Waals surface area contributed by atoms with E-state index in [1.807, 2.05) is 119 Å². The molecule has 12 fully saturated rings. The molecule has 0 spiro atoms. The van der Waals surface area contributed by atoms with Gasteiger partial charge in [-0.2, -0.15) is 8.42 Å². The first-order valence-corrected chi connectivity index (χ1v) is 59.2. The highest BCUT2D eigenvalue weighted by Gasteiger charge is 2.59. The van der Waals surface area contributed by atoms with Crippen LogP contribution in [0.2, 0.25) is 0 Å². The zero-order valence-electron chi connectivity index (χ0n) is 84.3. The minimum Gasteiger partial charge on any atom is -0.748 e. The second-order valence-corrected chi connectivity index (χ2v) is 42.3. The van der Waals surface area contributed by atoms with Crippen molar-refractivity contribution in [3.8, 4) is 0 Å². The van der Waals surface area contributed by atoms with Crippen LogP contribution in [0, 0.1) is 65.1 Å². The maximum Gasteiger partial charge on any atom is 0.322 e. The van der Waals surface area contributed by atoms with Crippen molar-refractivity contribution in [1.82, 2.24) is 0 Å². The molecule has 52 heteroatoms. The molecule has 2 saturated heterocycles. The number of benzene rings is 3. The van der Waals surface area contributed by atoms with E-state index in [-0.39, 0.29) is 50.4 Å². The zero-order valence-corrected chi connectivity index (χ0v) is 90.8. The summed E-state index contributed by atoms with van der Waals surface area (Å²) in [7, 11) is -34.8. The highest BCUT2D eigenvalue weighted by molar-refractivity contribution is 7.88. The van der Waals surface area contributed by atoms with Gasteiger partial charge in [0, 0.05) is 25.7 Å². The number of ether oxygens (including phenoxy) is 10. The van der Waals surface area contributed by atoms with Gasteiger partial charge in [0.15, 0.2) is 0 Å².